The molecule has 33 heavy (non-hydrogen) atoms. The van der Waals surface area contributed by atoms with Crippen LogP contribution in [0.3, 0.4) is 0 Å². The van der Waals surface area contributed by atoms with Crippen LogP contribution in [-0.2, 0) is 11.4 Å². The van der Waals surface area contributed by atoms with Gasteiger partial charge in [-0.15, -0.1) is 0 Å². The maximum Gasteiger partial charge on any atom is 0.264 e. The first-order valence-corrected chi connectivity index (χ1v) is 12.2. The Labute approximate surface area is 210 Å². The number of halogens is 2. The molecule has 8 heteroatoms. The molecule has 168 valence electrons. The Balaban J connectivity index is 1.53. The van der Waals surface area contributed by atoms with Crippen molar-refractivity contribution in [2.45, 2.75) is 13.5 Å². The van der Waals surface area contributed by atoms with E-state index in [2.05, 4.69) is 26.2 Å². The summed E-state index contributed by atoms with van der Waals surface area (Å²) >= 11 is 11.0. The van der Waals surface area contributed by atoms with E-state index in [0.29, 0.717) is 39.8 Å². The zero-order valence-electron chi connectivity index (χ0n) is 17.7. The van der Waals surface area contributed by atoms with Crippen molar-refractivity contribution in [1.29, 1.82) is 0 Å². The van der Waals surface area contributed by atoms with E-state index in [-0.39, 0.29) is 5.91 Å². The van der Waals surface area contributed by atoms with Gasteiger partial charge in [0.2, 0.25) is 0 Å². The van der Waals surface area contributed by atoms with Gasteiger partial charge in [0.25, 0.3) is 5.91 Å². The number of hydrogen-bond acceptors (Lipinski definition) is 5. The Hall–Kier alpha value is -2.74. The predicted octanol–water partition coefficient (Wildman–Crippen LogP) is 6.97. The van der Waals surface area contributed by atoms with Crippen LogP contribution in [0.25, 0.3) is 6.08 Å². The second-order valence-electron chi connectivity index (χ2n) is 6.95. The van der Waals surface area contributed by atoms with E-state index < -0.39 is 0 Å². The van der Waals surface area contributed by atoms with Crippen LogP contribution in [-0.4, -0.2) is 17.7 Å². The van der Waals surface area contributed by atoms with Gasteiger partial charge in [-0.3, -0.25) is 4.79 Å². The van der Waals surface area contributed by atoms with E-state index in [1.807, 2.05) is 79.7 Å². The number of ether oxygens (including phenoxy) is 2. The number of carbonyl (C=O) groups is 1. The van der Waals surface area contributed by atoms with E-state index in [1.54, 1.807) is 0 Å². The smallest absolute Gasteiger partial charge is 0.264 e. The highest BCUT2D eigenvalue weighted by Crippen LogP contribution is 2.34. The lowest BCUT2D eigenvalue weighted by atomic mass is 10.2. The number of nitrogens with zero attached hydrogens (tertiary/aromatic N) is 1. The Morgan fingerprint density at radius 1 is 1.06 bits per heavy atom. The average molecular weight is 544 g/mol. The topological polar surface area (TPSA) is 59.9 Å². The van der Waals surface area contributed by atoms with Crippen molar-refractivity contribution >= 4 is 62.1 Å². The van der Waals surface area contributed by atoms with Gasteiger partial charge in [0, 0.05) is 15.1 Å². The van der Waals surface area contributed by atoms with Crippen LogP contribution < -0.4 is 14.8 Å². The number of thioether (sulfide) groups is 1. The molecule has 0 atom stereocenters. The fourth-order valence-electron chi connectivity index (χ4n) is 3.06. The van der Waals surface area contributed by atoms with E-state index in [0.717, 1.165) is 21.3 Å². The molecule has 0 aromatic heterocycles. The van der Waals surface area contributed by atoms with Crippen molar-refractivity contribution in [3.05, 3.63) is 92.3 Å². The molecule has 1 heterocycles. The van der Waals surface area contributed by atoms with Crippen molar-refractivity contribution < 1.29 is 14.3 Å². The Kier molecular flexibility index (Phi) is 7.75. The zero-order valence-corrected chi connectivity index (χ0v) is 20.8. The van der Waals surface area contributed by atoms with Gasteiger partial charge < -0.3 is 14.8 Å². The lowest BCUT2D eigenvalue weighted by molar-refractivity contribution is -0.115. The van der Waals surface area contributed by atoms with Gasteiger partial charge in [-0.05, 0) is 76.6 Å². The maximum atomic E-state index is 12.5. The number of benzene rings is 3. The Bertz CT molecular complexity index is 1250. The second kappa shape index (κ2) is 10.9. The molecule has 4 rings (SSSR count). The number of para-hydroxylation sites is 1. The summed E-state index contributed by atoms with van der Waals surface area (Å²) in [6.07, 6.45) is 1.81. The quantitative estimate of drug-likeness (QED) is 0.327. The van der Waals surface area contributed by atoms with Crippen LogP contribution in [0.5, 0.6) is 11.5 Å². The van der Waals surface area contributed by atoms with Crippen LogP contribution in [0.2, 0.25) is 5.02 Å². The lowest BCUT2D eigenvalue weighted by Crippen LogP contribution is -2.19. The fraction of sp³-hybridized carbons (Fsp3) is 0.120. The number of nitrogens with one attached hydrogen (secondary N) is 1. The molecule has 0 spiro atoms. The summed E-state index contributed by atoms with van der Waals surface area (Å²) in [5, 5.41) is 4.00. The van der Waals surface area contributed by atoms with Crippen LogP contribution in [0.15, 0.2) is 81.1 Å². The molecule has 1 N–H and O–H groups in total. The zero-order chi connectivity index (χ0) is 23.2. The predicted molar refractivity (Wildman–Crippen MR) is 138 cm³/mol. The molecule has 1 saturated heterocycles. The first-order valence-electron chi connectivity index (χ1n) is 10.2. The summed E-state index contributed by atoms with van der Waals surface area (Å²) < 4.78 is 12.6. The molecule has 0 aliphatic carbocycles. The van der Waals surface area contributed by atoms with Crippen LogP contribution in [0.1, 0.15) is 18.1 Å². The fourth-order valence-corrected chi connectivity index (χ4v) is 4.46. The number of rotatable bonds is 7. The molecule has 5 nitrogen and oxygen atoms in total. The number of carbonyl (C=O) groups excluding carboxylic acids is 1. The number of amidine groups is 1. The molecule has 1 amide bonds. The molecule has 3 aromatic rings. The van der Waals surface area contributed by atoms with Crippen molar-refractivity contribution in [3.8, 4) is 11.5 Å². The van der Waals surface area contributed by atoms with Crippen LogP contribution in [0, 0.1) is 0 Å². The van der Waals surface area contributed by atoms with Crippen LogP contribution in [0.4, 0.5) is 5.69 Å². The van der Waals surface area contributed by atoms with Gasteiger partial charge in [-0.1, -0.05) is 48.0 Å². The average Bonchev–Trinajstić information content (AvgIpc) is 3.14. The van der Waals surface area contributed by atoms with Gasteiger partial charge in [-0.25, -0.2) is 4.99 Å². The molecule has 0 saturated carbocycles. The van der Waals surface area contributed by atoms with E-state index in [9.17, 15) is 4.79 Å². The monoisotopic (exact) mass is 542 g/mol. The van der Waals surface area contributed by atoms with Gasteiger partial charge in [0.15, 0.2) is 16.7 Å². The number of hydrogen-bond donors (Lipinski definition) is 1. The highest BCUT2D eigenvalue weighted by atomic mass is 79.9. The van der Waals surface area contributed by atoms with Gasteiger partial charge >= 0.3 is 0 Å². The van der Waals surface area contributed by atoms with E-state index in [4.69, 9.17) is 21.1 Å². The normalized spacial score (nSPS) is 15.7. The minimum atomic E-state index is -0.192. The second-order valence-corrected chi connectivity index (χ2v) is 9.24. The minimum absolute atomic E-state index is 0.192. The summed E-state index contributed by atoms with van der Waals surface area (Å²) in [7, 11) is 0. The van der Waals surface area contributed by atoms with Gasteiger partial charge in [-0.2, -0.15) is 0 Å². The van der Waals surface area contributed by atoms with Crippen molar-refractivity contribution in [2.24, 2.45) is 4.99 Å². The third kappa shape index (κ3) is 5.99. The highest BCUT2D eigenvalue weighted by molar-refractivity contribution is 9.10. The first kappa shape index (κ1) is 23.4. The standard InChI is InChI=1S/C25H20BrClN2O3S/c1-2-31-22-13-16(11-12-21(22)32-15-17-7-3-5-9-19(17)27)14-23-24(30)29-25(33-23)28-20-10-6-4-8-18(20)26/h3-14H,2,15H2,1H3,(H,28,29,30). The molecule has 3 aromatic carbocycles. The van der Waals surface area contributed by atoms with Crippen molar-refractivity contribution in [3.63, 3.8) is 0 Å². The summed E-state index contributed by atoms with van der Waals surface area (Å²) in [5.41, 5.74) is 2.47. The molecule has 0 radical (unpaired) electrons. The first-order chi connectivity index (χ1) is 16.0. The molecule has 0 unspecified atom stereocenters. The molecular weight excluding hydrogens is 524 g/mol. The summed E-state index contributed by atoms with van der Waals surface area (Å²) in [6, 6.07) is 20.7. The Morgan fingerprint density at radius 3 is 2.64 bits per heavy atom. The van der Waals surface area contributed by atoms with Gasteiger partial charge in [0.1, 0.15) is 6.61 Å². The lowest BCUT2D eigenvalue weighted by Gasteiger charge is -2.13. The summed E-state index contributed by atoms with van der Waals surface area (Å²) in [6.45, 7) is 2.72. The van der Waals surface area contributed by atoms with Crippen LogP contribution >= 0.6 is 39.3 Å². The molecule has 0 bridgehead atoms. The SMILES string of the molecule is CCOc1cc(C=C2SC(=Nc3ccccc3Br)NC2=O)ccc1OCc1ccccc1Cl. The molecule has 1 fully saturated rings. The summed E-state index contributed by atoms with van der Waals surface area (Å²) in [4.78, 5) is 17.5. The number of amides is 1. The Morgan fingerprint density at radius 2 is 1.85 bits per heavy atom. The van der Waals surface area contributed by atoms with Crippen molar-refractivity contribution in [2.75, 3.05) is 6.61 Å². The minimum Gasteiger partial charge on any atom is -0.490 e. The third-order valence-corrected chi connectivity index (χ3v) is 6.58. The number of aliphatic imine (C=N–C) groups is 1. The largest absolute Gasteiger partial charge is 0.490 e. The van der Waals surface area contributed by atoms with Crippen molar-refractivity contribution in [1.82, 2.24) is 5.32 Å². The van der Waals surface area contributed by atoms with E-state index in [1.165, 1.54) is 11.8 Å². The van der Waals surface area contributed by atoms with Gasteiger partial charge in [0.05, 0.1) is 17.2 Å². The molecule has 1 aliphatic heterocycles. The molecular formula is C25H20BrClN2O3S. The summed E-state index contributed by atoms with van der Waals surface area (Å²) in [5.74, 6) is 1.02. The highest BCUT2D eigenvalue weighted by Gasteiger charge is 2.24. The maximum absolute atomic E-state index is 12.5. The van der Waals surface area contributed by atoms with E-state index >= 15 is 0 Å². The third-order valence-electron chi connectivity index (χ3n) is 4.63. The molecule has 1 aliphatic rings.